The van der Waals surface area contributed by atoms with Crippen molar-refractivity contribution in [1.82, 2.24) is 4.31 Å². The lowest BCUT2D eigenvalue weighted by Gasteiger charge is -2.34. The average Bonchev–Trinajstić information content (AvgIpc) is 2.49. The summed E-state index contributed by atoms with van der Waals surface area (Å²) in [5, 5.41) is 9.15. The number of methoxy groups -OCH3 is 1. The van der Waals surface area contributed by atoms with Gasteiger partial charge >= 0.3 is 0 Å². The van der Waals surface area contributed by atoms with E-state index in [1.165, 1.54) is 17.5 Å². The Kier molecular flexibility index (Phi) is 4.91. The van der Waals surface area contributed by atoms with Crippen molar-refractivity contribution in [1.29, 1.82) is 0 Å². The molecule has 5 nitrogen and oxygen atoms in total. The van der Waals surface area contributed by atoms with E-state index in [0.717, 1.165) is 6.42 Å². The second kappa shape index (κ2) is 6.34. The zero-order valence-electron chi connectivity index (χ0n) is 12.7. The van der Waals surface area contributed by atoms with Crippen molar-refractivity contribution in [3.8, 4) is 5.75 Å². The molecule has 1 saturated heterocycles. The van der Waals surface area contributed by atoms with Crippen molar-refractivity contribution in [2.75, 3.05) is 20.2 Å². The van der Waals surface area contributed by atoms with E-state index in [1.807, 2.05) is 0 Å². The summed E-state index contributed by atoms with van der Waals surface area (Å²) in [6.07, 6.45) is 0.872. The summed E-state index contributed by atoms with van der Waals surface area (Å²) in [5.41, 5.74) is 0.631. The highest BCUT2D eigenvalue weighted by molar-refractivity contribution is 7.89. The molecule has 6 heteroatoms. The van der Waals surface area contributed by atoms with Gasteiger partial charge in [0.2, 0.25) is 10.0 Å². The van der Waals surface area contributed by atoms with Gasteiger partial charge in [-0.2, -0.15) is 4.31 Å². The first-order chi connectivity index (χ1) is 9.90. The topological polar surface area (TPSA) is 66.8 Å². The third kappa shape index (κ3) is 3.22. The smallest absolute Gasteiger partial charge is 0.246 e. The summed E-state index contributed by atoms with van der Waals surface area (Å²) in [5.74, 6) is 1.17. The lowest BCUT2D eigenvalue weighted by molar-refractivity contribution is 0.212. The van der Waals surface area contributed by atoms with E-state index in [1.54, 1.807) is 12.1 Å². The first-order valence-electron chi connectivity index (χ1n) is 7.18. The normalized spacial score (nSPS) is 24.0. The number of piperidine rings is 1. The maximum atomic E-state index is 12.8. The number of hydrogen-bond donors (Lipinski definition) is 1. The molecule has 0 aromatic heterocycles. The molecule has 21 heavy (non-hydrogen) atoms. The lowest BCUT2D eigenvalue weighted by Crippen LogP contribution is -2.42. The van der Waals surface area contributed by atoms with Gasteiger partial charge < -0.3 is 9.84 Å². The molecule has 0 saturated carbocycles. The molecule has 1 aliphatic heterocycles. The quantitative estimate of drug-likeness (QED) is 0.921. The van der Waals surface area contributed by atoms with Gasteiger partial charge in [-0.05, 0) is 36.0 Å². The van der Waals surface area contributed by atoms with Crippen molar-refractivity contribution in [2.24, 2.45) is 11.8 Å². The van der Waals surface area contributed by atoms with E-state index in [4.69, 9.17) is 9.84 Å². The second-order valence-corrected chi connectivity index (χ2v) is 7.66. The molecule has 0 bridgehead atoms. The average molecular weight is 313 g/mol. The van der Waals surface area contributed by atoms with Gasteiger partial charge in [0.1, 0.15) is 10.6 Å². The van der Waals surface area contributed by atoms with Gasteiger partial charge in [0.15, 0.2) is 0 Å². The molecule has 1 heterocycles. The van der Waals surface area contributed by atoms with Crippen LogP contribution in [0.3, 0.4) is 0 Å². The highest BCUT2D eigenvalue weighted by atomic mass is 32.2. The summed E-state index contributed by atoms with van der Waals surface area (Å²) in [7, 11) is -2.12. The predicted molar refractivity (Wildman–Crippen MR) is 80.6 cm³/mol. The van der Waals surface area contributed by atoms with Crippen LogP contribution in [0, 0.1) is 11.8 Å². The molecule has 2 atom stereocenters. The van der Waals surface area contributed by atoms with Crippen molar-refractivity contribution < 1.29 is 18.3 Å². The Balaban J connectivity index is 2.35. The van der Waals surface area contributed by atoms with Crippen LogP contribution in [0.15, 0.2) is 23.1 Å². The summed E-state index contributed by atoms with van der Waals surface area (Å²) in [4.78, 5) is 0.170. The van der Waals surface area contributed by atoms with Crippen LogP contribution in [-0.4, -0.2) is 38.0 Å². The summed E-state index contributed by atoms with van der Waals surface area (Å²) in [6, 6.07) is 4.71. The molecule has 1 aliphatic rings. The van der Waals surface area contributed by atoms with E-state index in [0.29, 0.717) is 30.5 Å². The minimum atomic E-state index is -3.56. The summed E-state index contributed by atoms with van der Waals surface area (Å²) in [6.45, 7) is 5.17. The fourth-order valence-corrected chi connectivity index (χ4v) is 4.30. The van der Waals surface area contributed by atoms with Gasteiger partial charge in [0.05, 0.1) is 13.7 Å². The number of rotatable bonds is 4. The minimum absolute atomic E-state index is 0.144. The van der Waals surface area contributed by atoms with Crippen LogP contribution in [0.2, 0.25) is 0 Å². The summed E-state index contributed by atoms with van der Waals surface area (Å²) >= 11 is 0. The monoisotopic (exact) mass is 313 g/mol. The molecule has 0 radical (unpaired) electrons. The minimum Gasteiger partial charge on any atom is -0.495 e. The van der Waals surface area contributed by atoms with Crippen LogP contribution in [0.1, 0.15) is 25.8 Å². The number of ether oxygens (including phenoxy) is 1. The molecular weight excluding hydrogens is 290 g/mol. The van der Waals surface area contributed by atoms with Crippen LogP contribution in [0.5, 0.6) is 5.75 Å². The molecule has 2 unspecified atom stereocenters. The number of sulfonamides is 1. The second-order valence-electron chi connectivity index (χ2n) is 5.75. The standard InChI is InChI=1S/C15H23NO4S/c1-11-6-7-16(9-12(11)2)21(18,19)15-5-4-13(10-17)8-14(15)20-3/h4-5,8,11-12,17H,6-7,9-10H2,1-3H3. The molecule has 118 valence electrons. The third-order valence-electron chi connectivity index (χ3n) is 4.33. The van der Waals surface area contributed by atoms with E-state index in [9.17, 15) is 8.42 Å². The highest BCUT2D eigenvalue weighted by Crippen LogP contribution is 2.32. The maximum absolute atomic E-state index is 12.8. The molecule has 0 amide bonds. The van der Waals surface area contributed by atoms with Crippen LogP contribution >= 0.6 is 0 Å². The van der Waals surface area contributed by atoms with Crippen LogP contribution in [0.4, 0.5) is 0 Å². The van der Waals surface area contributed by atoms with E-state index >= 15 is 0 Å². The fraction of sp³-hybridized carbons (Fsp3) is 0.600. The van der Waals surface area contributed by atoms with E-state index in [2.05, 4.69) is 13.8 Å². The van der Waals surface area contributed by atoms with Crippen LogP contribution in [-0.2, 0) is 16.6 Å². The van der Waals surface area contributed by atoms with Crippen molar-refractivity contribution in [3.05, 3.63) is 23.8 Å². The molecule has 2 rings (SSSR count). The molecule has 1 aromatic rings. The fourth-order valence-electron chi connectivity index (χ4n) is 2.61. The molecule has 1 fully saturated rings. The van der Waals surface area contributed by atoms with Gasteiger partial charge in [-0.25, -0.2) is 8.42 Å². The first kappa shape index (κ1) is 16.3. The summed E-state index contributed by atoms with van der Waals surface area (Å²) < 4.78 is 32.3. The number of aliphatic hydroxyl groups is 1. The Bertz CT molecular complexity index is 600. The predicted octanol–water partition coefficient (Wildman–Crippen LogP) is 1.85. The highest BCUT2D eigenvalue weighted by Gasteiger charge is 2.33. The van der Waals surface area contributed by atoms with Crippen molar-refractivity contribution >= 4 is 10.0 Å². The van der Waals surface area contributed by atoms with Gasteiger partial charge in [0.25, 0.3) is 0 Å². The Morgan fingerprint density at radius 2 is 2.05 bits per heavy atom. The number of benzene rings is 1. The van der Waals surface area contributed by atoms with Gasteiger partial charge in [0, 0.05) is 13.1 Å². The Morgan fingerprint density at radius 1 is 1.33 bits per heavy atom. The number of hydrogen-bond acceptors (Lipinski definition) is 4. The van der Waals surface area contributed by atoms with Crippen LogP contribution < -0.4 is 4.74 Å². The Hall–Kier alpha value is -1.11. The third-order valence-corrected chi connectivity index (χ3v) is 6.23. The Labute approximate surface area is 126 Å². The van der Waals surface area contributed by atoms with Crippen molar-refractivity contribution in [2.45, 2.75) is 31.8 Å². The molecule has 1 N–H and O–H groups in total. The van der Waals surface area contributed by atoms with Gasteiger partial charge in [-0.15, -0.1) is 0 Å². The molecule has 0 spiro atoms. The van der Waals surface area contributed by atoms with Gasteiger partial charge in [-0.3, -0.25) is 0 Å². The maximum Gasteiger partial charge on any atom is 0.246 e. The van der Waals surface area contributed by atoms with Crippen molar-refractivity contribution in [3.63, 3.8) is 0 Å². The van der Waals surface area contributed by atoms with E-state index in [-0.39, 0.29) is 17.3 Å². The number of aliphatic hydroxyl groups excluding tert-OH is 1. The largest absolute Gasteiger partial charge is 0.495 e. The molecule has 0 aliphatic carbocycles. The zero-order valence-corrected chi connectivity index (χ0v) is 13.6. The molecule has 1 aromatic carbocycles. The zero-order chi connectivity index (χ0) is 15.6. The SMILES string of the molecule is COc1cc(CO)ccc1S(=O)(=O)N1CCC(C)C(C)C1. The van der Waals surface area contributed by atoms with Gasteiger partial charge in [-0.1, -0.05) is 19.9 Å². The lowest BCUT2D eigenvalue weighted by atomic mass is 9.90. The Morgan fingerprint density at radius 3 is 2.62 bits per heavy atom. The molecular formula is C15H23NO4S. The number of nitrogens with zero attached hydrogens (tertiary/aromatic N) is 1. The van der Waals surface area contributed by atoms with Crippen LogP contribution in [0.25, 0.3) is 0 Å². The van der Waals surface area contributed by atoms with E-state index < -0.39 is 10.0 Å². The first-order valence-corrected chi connectivity index (χ1v) is 8.62.